The van der Waals surface area contributed by atoms with Gasteiger partial charge in [-0.05, 0) is 44.0 Å². The monoisotopic (exact) mass is 382 g/mol. The first-order valence-electron chi connectivity index (χ1n) is 8.86. The quantitative estimate of drug-likeness (QED) is 0.642. The maximum Gasteiger partial charge on any atom is 0.237 e. The van der Waals surface area contributed by atoms with E-state index in [-0.39, 0.29) is 11.6 Å². The number of halogens is 1. The summed E-state index contributed by atoms with van der Waals surface area (Å²) in [5.74, 6) is 0.625. The summed E-state index contributed by atoms with van der Waals surface area (Å²) in [5, 5.41) is 7.32. The van der Waals surface area contributed by atoms with Gasteiger partial charge in [-0.3, -0.25) is 4.79 Å². The van der Waals surface area contributed by atoms with Gasteiger partial charge in [0.1, 0.15) is 11.6 Å². The Morgan fingerprint density at radius 3 is 2.59 bits per heavy atom. The molecule has 27 heavy (non-hydrogen) atoms. The standard InChI is InChI=1S/C20H19FN4OS/c1-13(19(26)22-17-10-6-5-9-16(17)21)27-20-23-18(14-11-12-14)25(24-20)15-7-3-2-4-8-15/h2-10,13-14H,11-12H2,1H3,(H,22,26)/t13-/m1/s1. The third-order valence-electron chi connectivity index (χ3n) is 4.34. The number of hydrogen-bond acceptors (Lipinski definition) is 4. The Morgan fingerprint density at radius 2 is 1.89 bits per heavy atom. The van der Waals surface area contributed by atoms with Gasteiger partial charge in [-0.25, -0.2) is 14.1 Å². The van der Waals surface area contributed by atoms with Crippen LogP contribution in [-0.4, -0.2) is 25.9 Å². The molecule has 4 rings (SSSR count). The summed E-state index contributed by atoms with van der Waals surface area (Å²) in [6.45, 7) is 1.76. The largest absolute Gasteiger partial charge is 0.323 e. The number of thioether (sulfide) groups is 1. The van der Waals surface area contributed by atoms with E-state index >= 15 is 0 Å². The second-order valence-corrected chi connectivity index (χ2v) is 7.81. The van der Waals surface area contributed by atoms with Crippen molar-refractivity contribution in [3.05, 3.63) is 66.2 Å². The third kappa shape index (κ3) is 4.03. The van der Waals surface area contributed by atoms with Crippen LogP contribution in [0.5, 0.6) is 0 Å². The lowest BCUT2D eigenvalue weighted by atomic mass is 10.3. The van der Waals surface area contributed by atoms with Gasteiger partial charge in [0.15, 0.2) is 0 Å². The minimum absolute atomic E-state index is 0.177. The average Bonchev–Trinajstić information content (AvgIpc) is 3.44. The summed E-state index contributed by atoms with van der Waals surface area (Å²) in [4.78, 5) is 17.1. The lowest BCUT2D eigenvalue weighted by Gasteiger charge is -2.10. The number of nitrogens with zero attached hydrogens (tertiary/aromatic N) is 3. The highest BCUT2D eigenvalue weighted by atomic mass is 32.2. The van der Waals surface area contributed by atoms with Crippen molar-refractivity contribution in [3.8, 4) is 5.69 Å². The number of para-hydroxylation sites is 2. The molecule has 1 atom stereocenters. The van der Waals surface area contributed by atoms with Crippen molar-refractivity contribution in [2.45, 2.75) is 36.1 Å². The predicted molar refractivity (Wildman–Crippen MR) is 104 cm³/mol. The van der Waals surface area contributed by atoms with Gasteiger partial charge in [0.25, 0.3) is 0 Å². The molecule has 1 heterocycles. The van der Waals surface area contributed by atoms with E-state index in [1.165, 1.54) is 23.9 Å². The summed E-state index contributed by atoms with van der Waals surface area (Å²) in [5.41, 5.74) is 1.14. The molecule has 0 unspecified atom stereocenters. The Hall–Kier alpha value is -2.67. The van der Waals surface area contributed by atoms with Gasteiger partial charge in [0, 0.05) is 5.92 Å². The van der Waals surface area contributed by atoms with Crippen LogP contribution in [0.4, 0.5) is 10.1 Å². The number of carbonyl (C=O) groups is 1. The number of aromatic nitrogens is 3. The molecular weight excluding hydrogens is 363 g/mol. The van der Waals surface area contributed by atoms with Crippen LogP contribution < -0.4 is 5.32 Å². The summed E-state index contributed by atoms with van der Waals surface area (Å²) in [6.07, 6.45) is 2.22. The van der Waals surface area contributed by atoms with Crippen LogP contribution in [-0.2, 0) is 4.79 Å². The zero-order valence-corrected chi connectivity index (χ0v) is 15.6. The fourth-order valence-corrected chi connectivity index (χ4v) is 3.49. The molecule has 1 fully saturated rings. The van der Waals surface area contributed by atoms with Gasteiger partial charge in [0.05, 0.1) is 16.6 Å². The highest BCUT2D eigenvalue weighted by Crippen LogP contribution is 2.40. The number of hydrogen-bond donors (Lipinski definition) is 1. The maximum absolute atomic E-state index is 13.7. The van der Waals surface area contributed by atoms with Gasteiger partial charge in [-0.15, -0.1) is 5.10 Å². The van der Waals surface area contributed by atoms with Crippen LogP contribution in [0.3, 0.4) is 0 Å². The average molecular weight is 382 g/mol. The Morgan fingerprint density at radius 1 is 1.19 bits per heavy atom. The normalized spacial score (nSPS) is 14.7. The minimum atomic E-state index is -0.455. The smallest absolute Gasteiger partial charge is 0.237 e. The fourth-order valence-electron chi connectivity index (χ4n) is 2.73. The van der Waals surface area contributed by atoms with Crippen LogP contribution in [0.1, 0.15) is 31.5 Å². The molecule has 1 aliphatic rings. The molecule has 1 N–H and O–H groups in total. The molecule has 3 aromatic rings. The Bertz CT molecular complexity index is 956. The molecule has 7 heteroatoms. The molecular formula is C20H19FN4OS. The van der Waals surface area contributed by atoms with Gasteiger partial charge >= 0.3 is 0 Å². The van der Waals surface area contributed by atoms with Gasteiger partial charge in [-0.2, -0.15) is 0 Å². The Labute approximate surface area is 161 Å². The van der Waals surface area contributed by atoms with Crippen LogP contribution in [0.15, 0.2) is 59.8 Å². The van der Waals surface area contributed by atoms with Crippen molar-refractivity contribution in [2.75, 3.05) is 5.32 Å². The van der Waals surface area contributed by atoms with Crippen molar-refractivity contribution in [3.63, 3.8) is 0 Å². The highest BCUT2D eigenvalue weighted by Gasteiger charge is 2.31. The first-order valence-corrected chi connectivity index (χ1v) is 9.74. The summed E-state index contributed by atoms with van der Waals surface area (Å²) >= 11 is 1.27. The van der Waals surface area contributed by atoms with E-state index in [1.807, 2.05) is 35.0 Å². The molecule has 2 aromatic carbocycles. The predicted octanol–water partition coefficient (Wildman–Crippen LogP) is 4.40. The molecule has 0 saturated heterocycles. The van der Waals surface area contributed by atoms with E-state index in [4.69, 9.17) is 0 Å². The van der Waals surface area contributed by atoms with Crippen LogP contribution in [0.25, 0.3) is 5.69 Å². The van der Waals surface area contributed by atoms with E-state index in [1.54, 1.807) is 19.1 Å². The van der Waals surface area contributed by atoms with E-state index in [0.29, 0.717) is 11.1 Å². The lowest BCUT2D eigenvalue weighted by Crippen LogP contribution is -2.23. The van der Waals surface area contributed by atoms with E-state index < -0.39 is 11.1 Å². The second-order valence-electron chi connectivity index (χ2n) is 6.50. The van der Waals surface area contributed by atoms with Gasteiger partial charge in [-0.1, -0.05) is 42.1 Å². The van der Waals surface area contributed by atoms with Crippen molar-refractivity contribution < 1.29 is 9.18 Å². The minimum Gasteiger partial charge on any atom is -0.323 e. The first-order chi connectivity index (χ1) is 13.1. The zero-order valence-electron chi connectivity index (χ0n) is 14.8. The number of nitrogens with one attached hydrogen (secondary N) is 1. The molecule has 1 amide bonds. The number of carbonyl (C=O) groups excluding carboxylic acids is 1. The Kier molecular flexibility index (Phi) is 4.94. The third-order valence-corrected chi connectivity index (χ3v) is 5.29. The topological polar surface area (TPSA) is 59.8 Å². The summed E-state index contributed by atoms with van der Waals surface area (Å²) in [6, 6.07) is 16.0. The van der Waals surface area contributed by atoms with E-state index in [0.717, 1.165) is 24.4 Å². The summed E-state index contributed by atoms with van der Waals surface area (Å²) < 4.78 is 15.6. The molecule has 0 bridgehead atoms. The molecule has 1 aromatic heterocycles. The molecule has 1 aliphatic carbocycles. The molecule has 0 aliphatic heterocycles. The fraction of sp³-hybridized carbons (Fsp3) is 0.250. The number of anilines is 1. The molecule has 138 valence electrons. The van der Waals surface area contributed by atoms with E-state index in [9.17, 15) is 9.18 Å². The van der Waals surface area contributed by atoms with Crippen LogP contribution in [0.2, 0.25) is 0 Å². The van der Waals surface area contributed by atoms with Gasteiger partial charge in [0.2, 0.25) is 11.1 Å². The molecule has 0 radical (unpaired) electrons. The molecule has 1 saturated carbocycles. The SMILES string of the molecule is C[C@@H](Sc1nc(C2CC2)n(-c2ccccc2)n1)C(=O)Nc1ccccc1F. The highest BCUT2D eigenvalue weighted by molar-refractivity contribution is 8.00. The van der Waals surface area contributed by atoms with Crippen molar-refractivity contribution in [1.29, 1.82) is 0 Å². The van der Waals surface area contributed by atoms with E-state index in [2.05, 4.69) is 15.4 Å². The van der Waals surface area contributed by atoms with Gasteiger partial charge < -0.3 is 5.32 Å². The zero-order chi connectivity index (χ0) is 18.8. The number of benzene rings is 2. The maximum atomic E-state index is 13.7. The van der Waals surface area contributed by atoms with Crippen LogP contribution in [0, 0.1) is 5.82 Å². The van der Waals surface area contributed by atoms with Crippen molar-refractivity contribution in [2.24, 2.45) is 0 Å². The number of rotatable bonds is 6. The molecule has 0 spiro atoms. The van der Waals surface area contributed by atoms with Crippen molar-refractivity contribution >= 4 is 23.4 Å². The second kappa shape index (κ2) is 7.52. The first kappa shape index (κ1) is 17.7. The Balaban J connectivity index is 1.50. The summed E-state index contributed by atoms with van der Waals surface area (Å²) in [7, 11) is 0. The van der Waals surface area contributed by atoms with Crippen molar-refractivity contribution in [1.82, 2.24) is 14.8 Å². The molecule has 5 nitrogen and oxygen atoms in total. The van der Waals surface area contributed by atoms with Crippen LogP contribution >= 0.6 is 11.8 Å². The lowest BCUT2D eigenvalue weighted by molar-refractivity contribution is -0.115. The number of amides is 1.